The Bertz CT molecular complexity index is 1200. The van der Waals surface area contributed by atoms with E-state index in [1.54, 1.807) is 6.20 Å². The van der Waals surface area contributed by atoms with Gasteiger partial charge in [-0.1, -0.05) is 29.8 Å². The Balaban J connectivity index is 1.28. The van der Waals surface area contributed by atoms with Gasteiger partial charge in [0.2, 0.25) is 5.91 Å². The number of rotatable bonds is 5. The van der Waals surface area contributed by atoms with E-state index in [2.05, 4.69) is 44.6 Å². The summed E-state index contributed by atoms with van der Waals surface area (Å²) in [6.07, 6.45) is 11.9. The number of nitrogens with one attached hydrogen (secondary N) is 2. The van der Waals surface area contributed by atoms with Gasteiger partial charge in [-0.2, -0.15) is 0 Å². The number of allylic oxidation sites excluding steroid dienone is 2. The molecule has 5 rings (SSSR count). The van der Waals surface area contributed by atoms with E-state index in [0.29, 0.717) is 29.1 Å². The van der Waals surface area contributed by atoms with E-state index in [1.165, 1.54) is 6.07 Å². The molecule has 1 fully saturated rings. The standard InChI is InChI=1S/C24H22ClFN4O/c25-19-12-28-23-10-20(26)17(9-18(19)23)14-30-7-1-2-16(13-30)8-15-3-4-21(27-11-15)22-5-6-24(31)29-22/h1-4,9-13,22,28H,5-8,14H2,(H,29,31). The van der Waals surface area contributed by atoms with E-state index >= 15 is 0 Å². The van der Waals surface area contributed by atoms with Crippen molar-refractivity contribution in [3.63, 3.8) is 0 Å². The van der Waals surface area contributed by atoms with E-state index in [0.717, 1.165) is 41.6 Å². The van der Waals surface area contributed by atoms with Gasteiger partial charge >= 0.3 is 0 Å². The first-order valence-corrected chi connectivity index (χ1v) is 10.7. The van der Waals surface area contributed by atoms with Crippen LogP contribution < -0.4 is 5.32 Å². The number of amides is 1. The molecule has 2 aliphatic heterocycles. The van der Waals surface area contributed by atoms with Gasteiger partial charge < -0.3 is 15.2 Å². The fourth-order valence-electron chi connectivity index (χ4n) is 4.20. The zero-order valence-corrected chi connectivity index (χ0v) is 17.6. The largest absolute Gasteiger partial charge is 0.369 e. The number of pyridine rings is 1. The Morgan fingerprint density at radius 1 is 1.29 bits per heavy atom. The van der Waals surface area contributed by atoms with Crippen LogP contribution in [0.1, 0.15) is 35.7 Å². The third-order valence-corrected chi connectivity index (χ3v) is 6.11. The number of fused-ring (bicyclic) bond motifs is 1. The van der Waals surface area contributed by atoms with Crippen molar-refractivity contribution in [3.05, 3.63) is 88.2 Å². The van der Waals surface area contributed by atoms with Crippen molar-refractivity contribution in [2.24, 2.45) is 0 Å². The Labute approximate surface area is 184 Å². The van der Waals surface area contributed by atoms with Gasteiger partial charge in [0.05, 0.1) is 16.8 Å². The number of nitrogens with zero attached hydrogens (tertiary/aromatic N) is 2. The minimum Gasteiger partial charge on any atom is -0.369 e. The molecule has 0 radical (unpaired) electrons. The van der Waals surface area contributed by atoms with Crippen molar-refractivity contribution in [1.29, 1.82) is 0 Å². The first kappa shape index (κ1) is 19.8. The number of benzene rings is 1. The topological polar surface area (TPSA) is 61.0 Å². The Morgan fingerprint density at radius 3 is 2.97 bits per heavy atom. The number of H-pyrrole nitrogens is 1. The molecule has 1 atom stereocenters. The van der Waals surface area contributed by atoms with Crippen LogP contribution in [0.25, 0.3) is 10.9 Å². The van der Waals surface area contributed by atoms with Crippen LogP contribution in [0.4, 0.5) is 4.39 Å². The number of carbonyl (C=O) groups excluding carboxylic acids is 1. The molecule has 1 amide bonds. The van der Waals surface area contributed by atoms with Crippen LogP contribution >= 0.6 is 11.6 Å². The monoisotopic (exact) mass is 436 g/mol. The average molecular weight is 437 g/mol. The summed E-state index contributed by atoms with van der Waals surface area (Å²) in [4.78, 5) is 21.0. The van der Waals surface area contributed by atoms with Crippen molar-refractivity contribution in [3.8, 4) is 0 Å². The summed E-state index contributed by atoms with van der Waals surface area (Å²) in [5.74, 6) is -0.155. The number of aromatic nitrogens is 2. The van der Waals surface area contributed by atoms with Crippen LogP contribution in [0.3, 0.4) is 0 Å². The lowest BCUT2D eigenvalue weighted by molar-refractivity contribution is -0.119. The maximum atomic E-state index is 14.6. The Morgan fingerprint density at radius 2 is 2.19 bits per heavy atom. The summed E-state index contributed by atoms with van der Waals surface area (Å²) < 4.78 is 14.6. The van der Waals surface area contributed by atoms with Gasteiger partial charge in [0.1, 0.15) is 5.82 Å². The molecule has 5 nitrogen and oxygen atoms in total. The van der Waals surface area contributed by atoms with E-state index in [1.807, 2.05) is 18.3 Å². The number of hydrogen-bond donors (Lipinski definition) is 2. The van der Waals surface area contributed by atoms with Gasteiger partial charge in [-0.3, -0.25) is 9.78 Å². The highest BCUT2D eigenvalue weighted by Gasteiger charge is 2.23. The van der Waals surface area contributed by atoms with Crippen molar-refractivity contribution >= 4 is 28.4 Å². The van der Waals surface area contributed by atoms with Gasteiger partial charge in [0.25, 0.3) is 0 Å². The predicted octanol–water partition coefficient (Wildman–Crippen LogP) is 4.80. The van der Waals surface area contributed by atoms with Gasteiger partial charge in [-0.15, -0.1) is 0 Å². The molecule has 0 bridgehead atoms. The second-order valence-corrected chi connectivity index (χ2v) is 8.50. The van der Waals surface area contributed by atoms with Crippen LogP contribution in [0, 0.1) is 5.82 Å². The summed E-state index contributed by atoms with van der Waals surface area (Å²) in [6.45, 7) is 1.19. The van der Waals surface area contributed by atoms with Gasteiger partial charge in [-0.05, 0) is 35.8 Å². The highest BCUT2D eigenvalue weighted by Crippen LogP contribution is 2.27. The molecule has 0 aliphatic carbocycles. The lowest BCUT2D eigenvalue weighted by Crippen LogP contribution is -2.21. The van der Waals surface area contributed by atoms with Crippen LogP contribution in [-0.4, -0.2) is 27.3 Å². The Hall–Kier alpha value is -3.12. The smallest absolute Gasteiger partial charge is 0.220 e. The minimum absolute atomic E-state index is 0.0200. The molecule has 0 spiro atoms. The van der Waals surface area contributed by atoms with Crippen LogP contribution in [-0.2, 0) is 17.8 Å². The summed E-state index contributed by atoms with van der Waals surface area (Å²) in [5.41, 5.74) is 4.45. The van der Waals surface area contributed by atoms with Crippen LogP contribution in [0.5, 0.6) is 0 Å². The normalized spacial score (nSPS) is 18.5. The minimum atomic E-state index is -0.241. The maximum absolute atomic E-state index is 14.6. The van der Waals surface area contributed by atoms with Crippen molar-refractivity contribution in [2.75, 3.05) is 6.54 Å². The highest BCUT2D eigenvalue weighted by atomic mass is 35.5. The molecular formula is C24H22ClFN4O. The molecule has 2 aromatic heterocycles. The van der Waals surface area contributed by atoms with E-state index in [9.17, 15) is 9.18 Å². The Kier molecular flexibility index (Phi) is 5.24. The molecular weight excluding hydrogens is 415 g/mol. The summed E-state index contributed by atoms with van der Waals surface area (Å²) in [6, 6.07) is 7.39. The molecule has 7 heteroatoms. The van der Waals surface area contributed by atoms with Crippen molar-refractivity contribution in [1.82, 2.24) is 20.2 Å². The first-order valence-electron chi connectivity index (χ1n) is 10.4. The van der Waals surface area contributed by atoms with Crippen molar-refractivity contribution in [2.45, 2.75) is 31.8 Å². The fourth-order valence-corrected chi connectivity index (χ4v) is 4.41. The number of aromatic amines is 1. The van der Waals surface area contributed by atoms with Gasteiger partial charge in [0.15, 0.2) is 0 Å². The van der Waals surface area contributed by atoms with Crippen molar-refractivity contribution < 1.29 is 9.18 Å². The molecule has 0 saturated carbocycles. The third-order valence-electron chi connectivity index (χ3n) is 5.80. The summed E-state index contributed by atoms with van der Waals surface area (Å²) in [7, 11) is 0. The molecule has 31 heavy (non-hydrogen) atoms. The molecule has 1 unspecified atom stereocenters. The lowest BCUT2D eigenvalue weighted by Gasteiger charge is -2.24. The third kappa shape index (κ3) is 4.21. The average Bonchev–Trinajstić information content (AvgIpc) is 3.35. The van der Waals surface area contributed by atoms with E-state index in [4.69, 9.17) is 11.6 Å². The molecule has 1 aromatic carbocycles. The summed E-state index contributed by atoms with van der Waals surface area (Å²) >= 11 is 6.20. The fraction of sp³-hybridized carbons (Fsp3) is 0.250. The SMILES string of the molecule is O=C1CCC(c2ccc(CC3=CN(Cc4cc5c(Cl)c[nH]c5cc4F)CC=C3)cn2)N1. The van der Waals surface area contributed by atoms with Crippen LogP contribution in [0.15, 0.2) is 60.6 Å². The van der Waals surface area contributed by atoms with Gasteiger partial charge in [-0.25, -0.2) is 4.39 Å². The van der Waals surface area contributed by atoms with Gasteiger partial charge in [0, 0.05) is 61.0 Å². The molecule has 158 valence electrons. The molecule has 1 saturated heterocycles. The lowest BCUT2D eigenvalue weighted by atomic mass is 10.0. The second-order valence-electron chi connectivity index (χ2n) is 8.09. The molecule has 4 heterocycles. The van der Waals surface area contributed by atoms with Crippen LogP contribution in [0.2, 0.25) is 5.02 Å². The molecule has 2 N–H and O–H groups in total. The predicted molar refractivity (Wildman–Crippen MR) is 119 cm³/mol. The zero-order chi connectivity index (χ0) is 21.4. The number of halogens is 2. The second kappa shape index (κ2) is 8.19. The quantitative estimate of drug-likeness (QED) is 0.603. The zero-order valence-electron chi connectivity index (χ0n) is 16.9. The molecule has 3 aromatic rings. The highest BCUT2D eigenvalue weighted by molar-refractivity contribution is 6.35. The first-order chi connectivity index (χ1) is 15.0. The van der Waals surface area contributed by atoms with E-state index in [-0.39, 0.29) is 17.8 Å². The summed E-state index contributed by atoms with van der Waals surface area (Å²) in [5, 5.41) is 4.37. The van der Waals surface area contributed by atoms with E-state index < -0.39 is 0 Å². The maximum Gasteiger partial charge on any atom is 0.220 e. The number of hydrogen-bond acceptors (Lipinski definition) is 3. The molecule has 2 aliphatic rings. The number of carbonyl (C=O) groups is 1.